The molecule has 3 nitrogen and oxygen atoms in total. The topological polar surface area (TPSA) is 34.1 Å². The molecule has 2 heterocycles. The molecule has 1 saturated heterocycles. The highest BCUT2D eigenvalue weighted by molar-refractivity contribution is 5.85. The lowest BCUT2D eigenvalue weighted by Crippen LogP contribution is -2.18. The van der Waals surface area contributed by atoms with Crippen LogP contribution in [0.5, 0.6) is 5.88 Å². The Bertz CT molecular complexity index is 445. The average molecular weight is 295 g/mol. The Labute approximate surface area is 115 Å². The zero-order valence-electron chi connectivity index (χ0n) is 9.98. The average Bonchev–Trinajstić information content (AvgIpc) is 2.77. The summed E-state index contributed by atoms with van der Waals surface area (Å²) in [5.74, 6) is 1.80. The van der Waals surface area contributed by atoms with Crippen LogP contribution in [0.3, 0.4) is 0 Å². The second kappa shape index (κ2) is 5.17. The predicted octanol–water partition coefficient (Wildman–Crippen LogP) is 2.37. The van der Waals surface area contributed by atoms with Gasteiger partial charge in [0, 0.05) is 18.2 Å². The van der Waals surface area contributed by atoms with E-state index in [1.807, 2.05) is 0 Å². The SMILES string of the molecule is Cl.FC(F)(F)c1ccnc(OCC2C3CNCC32)c1. The minimum Gasteiger partial charge on any atom is -0.477 e. The number of nitrogens with one attached hydrogen (secondary N) is 1. The van der Waals surface area contributed by atoms with Crippen molar-refractivity contribution in [1.82, 2.24) is 10.3 Å². The molecule has 1 aliphatic heterocycles. The lowest BCUT2D eigenvalue weighted by molar-refractivity contribution is -0.137. The summed E-state index contributed by atoms with van der Waals surface area (Å²) in [6.07, 6.45) is -3.21. The van der Waals surface area contributed by atoms with Crippen LogP contribution in [0.15, 0.2) is 18.3 Å². The highest BCUT2D eigenvalue weighted by Crippen LogP contribution is 2.48. The molecule has 19 heavy (non-hydrogen) atoms. The van der Waals surface area contributed by atoms with Gasteiger partial charge in [-0.2, -0.15) is 13.2 Å². The molecule has 2 atom stereocenters. The molecule has 2 unspecified atom stereocenters. The van der Waals surface area contributed by atoms with Crippen molar-refractivity contribution in [3.8, 4) is 5.88 Å². The molecule has 0 amide bonds. The van der Waals surface area contributed by atoms with E-state index in [9.17, 15) is 13.2 Å². The highest BCUT2D eigenvalue weighted by Gasteiger charge is 2.53. The fourth-order valence-electron chi connectivity index (χ4n) is 2.64. The number of piperidine rings is 1. The molecule has 0 radical (unpaired) electrons. The molecule has 1 N–H and O–H groups in total. The Balaban J connectivity index is 0.00000133. The maximum Gasteiger partial charge on any atom is 0.416 e. The molecule has 1 aromatic rings. The fourth-order valence-corrected chi connectivity index (χ4v) is 2.64. The standard InChI is InChI=1S/C12H13F3N2O.ClH/c13-12(14,15)7-1-2-17-11(3-7)18-6-10-8-4-16-5-9(8)10;/h1-3,8-10,16H,4-6H2;1H. The number of halogens is 4. The summed E-state index contributed by atoms with van der Waals surface area (Å²) in [4.78, 5) is 3.81. The van der Waals surface area contributed by atoms with Gasteiger partial charge in [-0.25, -0.2) is 4.98 Å². The maximum atomic E-state index is 12.5. The van der Waals surface area contributed by atoms with Crippen molar-refractivity contribution in [2.75, 3.05) is 19.7 Å². The van der Waals surface area contributed by atoms with Crippen LogP contribution in [-0.2, 0) is 6.18 Å². The van der Waals surface area contributed by atoms with Crippen LogP contribution in [0.1, 0.15) is 5.56 Å². The van der Waals surface area contributed by atoms with E-state index >= 15 is 0 Å². The van der Waals surface area contributed by atoms with E-state index in [0.717, 1.165) is 31.4 Å². The minimum absolute atomic E-state index is 0. The summed E-state index contributed by atoms with van der Waals surface area (Å²) >= 11 is 0. The van der Waals surface area contributed by atoms with E-state index in [1.165, 1.54) is 0 Å². The first-order valence-corrected chi connectivity index (χ1v) is 5.92. The fraction of sp³-hybridized carbons (Fsp3) is 0.583. The molecule has 106 valence electrons. The molecule has 2 aliphatic rings. The number of pyridine rings is 1. The van der Waals surface area contributed by atoms with Crippen molar-refractivity contribution in [2.24, 2.45) is 17.8 Å². The molecular weight excluding hydrogens is 281 g/mol. The van der Waals surface area contributed by atoms with Crippen molar-refractivity contribution in [2.45, 2.75) is 6.18 Å². The molecule has 0 bridgehead atoms. The summed E-state index contributed by atoms with van der Waals surface area (Å²) in [5.41, 5.74) is -0.717. The van der Waals surface area contributed by atoms with Crippen LogP contribution < -0.4 is 10.1 Å². The van der Waals surface area contributed by atoms with Crippen LogP contribution in [0.25, 0.3) is 0 Å². The van der Waals surface area contributed by atoms with E-state index in [-0.39, 0.29) is 18.3 Å². The zero-order valence-corrected chi connectivity index (χ0v) is 10.8. The molecule has 0 aromatic carbocycles. The van der Waals surface area contributed by atoms with E-state index in [4.69, 9.17) is 4.74 Å². The lowest BCUT2D eigenvalue weighted by Gasteiger charge is -2.10. The number of ether oxygens (including phenoxy) is 1. The third-order valence-corrected chi connectivity index (χ3v) is 3.75. The Hall–Kier alpha value is -1.01. The van der Waals surface area contributed by atoms with Gasteiger partial charge in [0.25, 0.3) is 0 Å². The first-order chi connectivity index (χ1) is 8.55. The normalized spacial score (nSPS) is 28.5. The number of alkyl halides is 3. The van der Waals surface area contributed by atoms with Gasteiger partial charge < -0.3 is 10.1 Å². The number of hydrogen-bond donors (Lipinski definition) is 1. The summed E-state index contributed by atoms with van der Waals surface area (Å²) < 4.78 is 42.8. The van der Waals surface area contributed by atoms with Gasteiger partial charge in [0.1, 0.15) is 0 Å². The Morgan fingerprint density at radius 3 is 2.63 bits per heavy atom. The molecule has 0 spiro atoms. The largest absolute Gasteiger partial charge is 0.477 e. The van der Waals surface area contributed by atoms with E-state index in [2.05, 4.69) is 10.3 Å². The molecule has 1 aromatic heterocycles. The molecule has 2 fully saturated rings. The summed E-state index contributed by atoms with van der Waals surface area (Å²) in [6.45, 7) is 2.45. The predicted molar refractivity (Wildman–Crippen MR) is 65.3 cm³/mol. The number of fused-ring (bicyclic) bond motifs is 1. The molecule has 1 saturated carbocycles. The Kier molecular flexibility index (Phi) is 3.92. The van der Waals surface area contributed by atoms with Crippen LogP contribution in [0.4, 0.5) is 13.2 Å². The third kappa shape index (κ3) is 2.95. The zero-order chi connectivity index (χ0) is 12.8. The van der Waals surface area contributed by atoms with Gasteiger partial charge >= 0.3 is 6.18 Å². The van der Waals surface area contributed by atoms with Crippen molar-refractivity contribution in [3.63, 3.8) is 0 Å². The smallest absolute Gasteiger partial charge is 0.416 e. The van der Waals surface area contributed by atoms with Gasteiger partial charge in [-0.15, -0.1) is 12.4 Å². The first-order valence-electron chi connectivity index (χ1n) is 5.92. The van der Waals surface area contributed by atoms with Crippen LogP contribution >= 0.6 is 12.4 Å². The van der Waals surface area contributed by atoms with Crippen LogP contribution in [-0.4, -0.2) is 24.7 Å². The molecule has 7 heteroatoms. The number of nitrogens with zero attached hydrogens (tertiary/aromatic N) is 1. The number of aromatic nitrogens is 1. The van der Waals surface area contributed by atoms with E-state index in [0.29, 0.717) is 24.4 Å². The van der Waals surface area contributed by atoms with E-state index < -0.39 is 11.7 Å². The van der Waals surface area contributed by atoms with Gasteiger partial charge in [-0.05, 0) is 31.0 Å². The number of rotatable bonds is 3. The molecule has 1 aliphatic carbocycles. The van der Waals surface area contributed by atoms with Gasteiger partial charge in [-0.3, -0.25) is 0 Å². The van der Waals surface area contributed by atoms with Crippen LogP contribution in [0, 0.1) is 17.8 Å². The monoisotopic (exact) mass is 294 g/mol. The van der Waals surface area contributed by atoms with Crippen molar-refractivity contribution < 1.29 is 17.9 Å². The minimum atomic E-state index is -4.35. The quantitative estimate of drug-likeness (QED) is 0.929. The van der Waals surface area contributed by atoms with Crippen LogP contribution in [0.2, 0.25) is 0 Å². The Morgan fingerprint density at radius 1 is 1.32 bits per heavy atom. The van der Waals surface area contributed by atoms with Crippen molar-refractivity contribution in [1.29, 1.82) is 0 Å². The third-order valence-electron chi connectivity index (χ3n) is 3.75. The number of hydrogen-bond acceptors (Lipinski definition) is 3. The van der Waals surface area contributed by atoms with Gasteiger partial charge in [0.2, 0.25) is 5.88 Å². The Morgan fingerprint density at radius 2 is 2.00 bits per heavy atom. The van der Waals surface area contributed by atoms with Crippen molar-refractivity contribution >= 4 is 12.4 Å². The van der Waals surface area contributed by atoms with Gasteiger partial charge in [0.15, 0.2) is 0 Å². The van der Waals surface area contributed by atoms with Gasteiger partial charge in [0.05, 0.1) is 12.2 Å². The molecule has 3 rings (SSSR count). The summed E-state index contributed by atoms with van der Waals surface area (Å²) in [7, 11) is 0. The molecular formula is C12H14ClF3N2O. The second-order valence-corrected chi connectivity index (χ2v) is 4.84. The maximum absolute atomic E-state index is 12.5. The summed E-state index contributed by atoms with van der Waals surface area (Å²) in [6, 6.07) is 1.90. The van der Waals surface area contributed by atoms with Gasteiger partial charge in [-0.1, -0.05) is 0 Å². The summed E-state index contributed by atoms with van der Waals surface area (Å²) in [5, 5.41) is 3.26. The van der Waals surface area contributed by atoms with Crippen molar-refractivity contribution in [3.05, 3.63) is 23.9 Å². The lowest BCUT2D eigenvalue weighted by atomic mass is 10.2. The highest BCUT2D eigenvalue weighted by atomic mass is 35.5. The second-order valence-electron chi connectivity index (χ2n) is 4.84. The van der Waals surface area contributed by atoms with E-state index in [1.54, 1.807) is 0 Å². The first kappa shape index (κ1) is 14.4.